The lowest BCUT2D eigenvalue weighted by molar-refractivity contribution is -0.120. The highest BCUT2D eigenvalue weighted by molar-refractivity contribution is 6.31. The summed E-state index contributed by atoms with van der Waals surface area (Å²) in [4.78, 5) is 17.5. The van der Waals surface area contributed by atoms with E-state index in [0.717, 1.165) is 42.2 Å². The van der Waals surface area contributed by atoms with Gasteiger partial charge in [-0.15, -0.1) is 0 Å². The number of benzene rings is 3. The van der Waals surface area contributed by atoms with Gasteiger partial charge in [0.15, 0.2) is 0 Å². The average molecular weight is 562 g/mol. The number of aryl methyl sites for hydroxylation is 1. The van der Waals surface area contributed by atoms with E-state index in [9.17, 15) is 9.18 Å². The second-order valence-corrected chi connectivity index (χ2v) is 9.84. The highest BCUT2D eigenvalue weighted by Crippen LogP contribution is 2.38. The predicted molar refractivity (Wildman–Crippen MR) is 151 cm³/mol. The van der Waals surface area contributed by atoms with Gasteiger partial charge in [-0.05, 0) is 79.2 Å². The quantitative estimate of drug-likeness (QED) is 0.190. The number of halogens is 2. The van der Waals surface area contributed by atoms with Crippen LogP contribution in [-0.4, -0.2) is 51.5 Å². The van der Waals surface area contributed by atoms with Crippen LogP contribution in [0.25, 0.3) is 10.9 Å². The second-order valence-electron chi connectivity index (χ2n) is 9.40. The van der Waals surface area contributed by atoms with Crippen LogP contribution in [0, 0.1) is 5.82 Å². The molecule has 0 amide bonds. The Morgan fingerprint density at radius 3 is 2.50 bits per heavy atom. The van der Waals surface area contributed by atoms with Gasteiger partial charge < -0.3 is 14.5 Å². The minimum absolute atomic E-state index is 0.194. The number of carbonyl (C=O) groups is 1. The molecule has 40 heavy (non-hydrogen) atoms. The topological polar surface area (TPSA) is 85.3 Å². The van der Waals surface area contributed by atoms with Gasteiger partial charge in [0, 0.05) is 34.6 Å². The molecule has 5 aromatic rings. The van der Waals surface area contributed by atoms with Crippen LogP contribution in [0.15, 0.2) is 79.1 Å². The number of fused-ring (bicyclic) bond motifs is 3. The summed E-state index contributed by atoms with van der Waals surface area (Å²) >= 11 is 6.25. The fourth-order valence-electron chi connectivity index (χ4n) is 4.87. The Bertz CT molecular complexity index is 1540. The van der Waals surface area contributed by atoms with Gasteiger partial charge in [-0.1, -0.05) is 23.7 Å². The second kappa shape index (κ2) is 12.8. The molecule has 1 aliphatic rings. The number of aromatic nitrogens is 4. The van der Waals surface area contributed by atoms with Gasteiger partial charge >= 0.3 is 0 Å². The van der Waals surface area contributed by atoms with Crippen LogP contribution in [0.1, 0.15) is 29.3 Å². The van der Waals surface area contributed by atoms with Crippen LogP contribution in [0.3, 0.4) is 0 Å². The number of H-pyrrole nitrogens is 1. The van der Waals surface area contributed by atoms with Gasteiger partial charge in [0.25, 0.3) is 6.47 Å². The predicted octanol–water partition coefficient (Wildman–Crippen LogP) is 5.82. The van der Waals surface area contributed by atoms with E-state index in [0.29, 0.717) is 18.8 Å². The lowest BCUT2D eigenvalue weighted by atomic mass is 9.93. The highest BCUT2D eigenvalue weighted by atomic mass is 35.5. The van der Waals surface area contributed by atoms with Crippen molar-refractivity contribution in [1.82, 2.24) is 24.9 Å². The number of hydrogen-bond acceptors (Lipinski definition) is 6. The summed E-state index contributed by atoms with van der Waals surface area (Å²) in [5.41, 5.74) is 5.05. The molecule has 10 heteroatoms. The first kappa shape index (κ1) is 27.4. The van der Waals surface area contributed by atoms with E-state index < -0.39 is 0 Å². The minimum atomic E-state index is -0.349. The molecule has 2 aromatic heterocycles. The summed E-state index contributed by atoms with van der Waals surface area (Å²) in [5, 5.41) is 10.2. The molecular formula is C30H29ClFN5O3. The zero-order valence-electron chi connectivity index (χ0n) is 22.0. The fourth-order valence-corrected chi connectivity index (χ4v) is 5.04. The Morgan fingerprint density at radius 2 is 1.77 bits per heavy atom. The van der Waals surface area contributed by atoms with Gasteiger partial charge in [0.1, 0.15) is 17.3 Å². The number of ether oxygens (including phenoxy) is 2. The lowest BCUT2D eigenvalue weighted by Gasteiger charge is -2.33. The Balaban J connectivity index is 0.000000274. The zero-order valence-corrected chi connectivity index (χ0v) is 22.7. The third-order valence-corrected chi connectivity index (χ3v) is 7.00. The molecule has 206 valence electrons. The first-order valence-electron chi connectivity index (χ1n) is 12.9. The molecule has 0 bridgehead atoms. The van der Waals surface area contributed by atoms with E-state index in [1.54, 1.807) is 17.2 Å². The molecule has 1 aliphatic heterocycles. The van der Waals surface area contributed by atoms with Crippen molar-refractivity contribution in [2.45, 2.75) is 25.4 Å². The molecule has 3 heterocycles. The minimum Gasteiger partial charge on any atom is -0.494 e. The average Bonchev–Trinajstić information content (AvgIpc) is 3.61. The van der Waals surface area contributed by atoms with Gasteiger partial charge in [-0.3, -0.25) is 9.69 Å². The molecule has 0 aliphatic carbocycles. The smallest absolute Gasteiger partial charge is 0.298 e. The molecule has 0 spiro atoms. The van der Waals surface area contributed by atoms with Crippen LogP contribution in [0.2, 0.25) is 5.02 Å². The standard InChI is InChI=1S/C23H24ClN5O.C7H5FO2/c1-28-13-9-19-20-15-17(24)5-8-21(20)27-22(19)23(28)16-3-6-18(7-4-16)30-14-2-12-29-25-10-11-26-29;8-6-1-3-7(4-2-6)10-5-9/h3-8,10-11,15,23,27H,2,9,12-14H2,1H3;1-5H. The summed E-state index contributed by atoms with van der Waals surface area (Å²) in [5.74, 6) is 0.879. The van der Waals surface area contributed by atoms with E-state index in [2.05, 4.69) is 68.3 Å². The molecule has 0 saturated carbocycles. The van der Waals surface area contributed by atoms with Gasteiger partial charge in [-0.25, -0.2) is 4.39 Å². The highest BCUT2D eigenvalue weighted by Gasteiger charge is 2.29. The monoisotopic (exact) mass is 561 g/mol. The zero-order chi connectivity index (χ0) is 27.9. The number of nitrogens with one attached hydrogen (secondary N) is 1. The summed E-state index contributed by atoms with van der Waals surface area (Å²) in [6, 6.07) is 19.9. The van der Waals surface area contributed by atoms with E-state index in [1.807, 2.05) is 6.07 Å². The van der Waals surface area contributed by atoms with E-state index in [1.165, 1.54) is 46.5 Å². The van der Waals surface area contributed by atoms with E-state index >= 15 is 0 Å². The van der Waals surface area contributed by atoms with Crippen molar-refractivity contribution in [3.63, 3.8) is 0 Å². The first-order valence-corrected chi connectivity index (χ1v) is 13.3. The van der Waals surface area contributed by atoms with Crippen LogP contribution in [0.4, 0.5) is 4.39 Å². The van der Waals surface area contributed by atoms with Crippen molar-refractivity contribution in [2.24, 2.45) is 0 Å². The van der Waals surface area contributed by atoms with Crippen molar-refractivity contribution in [3.05, 3.63) is 107 Å². The Labute approximate surface area is 236 Å². The Morgan fingerprint density at radius 1 is 1.05 bits per heavy atom. The molecule has 0 fully saturated rings. The van der Waals surface area contributed by atoms with Gasteiger partial charge in [0.2, 0.25) is 0 Å². The SMILES string of the molecule is CN1CCc2c([nH]c3ccc(Cl)cc23)C1c1ccc(OCCCn2nccn2)cc1.O=COc1ccc(F)cc1. The first-order chi connectivity index (χ1) is 19.5. The van der Waals surface area contributed by atoms with Crippen LogP contribution in [-0.2, 0) is 17.8 Å². The summed E-state index contributed by atoms with van der Waals surface area (Å²) in [6.07, 6.45) is 5.27. The largest absolute Gasteiger partial charge is 0.494 e. The number of nitrogens with zero attached hydrogens (tertiary/aromatic N) is 4. The number of likely N-dealkylation sites (N-methyl/N-ethyl adjacent to an activating group) is 1. The van der Waals surface area contributed by atoms with Crippen molar-refractivity contribution in [2.75, 3.05) is 20.2 Å². The van der Waals surface area contributed by atoms with Crippen LogP contribution >= 0.6 is 11.6 Å². The number of hydrogen-bond donors (Lipinski definition) is 1. The number of rotatable bonds is 8. The van der Waals surface area contributed by atoms with Gasteiger partial charge in [0.05, 0.1) is 31.6 Å². The lowest BCUT2D eigenvalue weighted by Crippen LogP contribution is -2.32. The third-order valence-electron chi connectivity index (χ3n) is 6.76. The molecule has 1 unspecified atom stereocenters. The van der Waals surface area contributed by atoms with Crippen molar-refractivity contribution < 1.29 is 18.7 Å². The van der Waals surface area contributed by atoms with Crippen LogP contribution < -0.4 is 9.47 Å². The fraction of sp³-hybridized carbons (Fsp3) is 0.233. The van der Waals surface area contributed by atoms with Crippen molar-refractivity contribution >= 4 is 29.0 Å². The molecule has 0 saturated heterocycles. The van der Waals surface area contributed by atoms with Crippen molar-refractivity contribution in [1.29, 1.82) is 0 Å². The number of aromatic amines is 1. The molecule has 1 atom stereocenters. The van der Waals surface area contributed by atoms with Crippen molar-refractivity contribution in [3.8, 4) is 11.5 Å². The maximum atomic E-state index is 12.2. The summed E-state index contributed by atoms with van der Waals surface area (Å²) in [7, 11) is 2.18. The molecular weight excluding hydrogens is 533 g/mol. The molecule has 3 aromatic carbocycles. The molecule has 0 radical (unpaired) electrons. The van der Waals surface area contributed by atoms with Crippen LogP contribution in [0.5, 0.6) is 11.5 Å². The normalized spacial score (nSPS) is 14.7. The molecule has 6 rings (SSSR count). The summed E-state index contributed by atoms with van der Waals surface area (Å²) < 4.78 is 22.5. The number of carbonyl (C=O) groups excluding carboxylic acids is 1. The molecule has 8 nitrogen and oxygen atoms in total. The third kappa shape index (κ3) is 6.50. The Hall–Kier alpha value is -4.21. The maximum absolute atomic E-state index is 12.2. The van der Waals surface area contributed by atoms with E-state index in [-0.39, 0.29) is 11.9 Å². The Kier molecular flexibility index (Phi) is 8.73. The van der Waals surface area contributed by atoms with Gasteiger partial charge in [-0.2, -0.15) is 15.0 Å². The summed E-state index contributed by atoms with van der Waals surface area (Å²) in [6.45, 7) is 2.70. The van der Waals surface area contributed by atoms with E-state index in [4.69, 9.17) is 16.3 Å². The maximum Gasteiger partial charge on any atom is 0.298 e. The molecule has 1 N–H and O–H groups in total.